The van der Waals surface area contributed by atoms with E-state index in [9.17, 15) is 4.79 Å². The molecule has 0 spiro atoms. The van der Waals surface area contributed by atoms with Crippen molar-refractivity contribution in [1.82, 2.24) is 19.7 Å². The predicted octanol–water partition coefficient (Wildman–Crippen LogP) is 3.37. The van der Waals surface area contributed by atoms with Crippen molar-refractivity contribution in [2.75, 3.05) is 13.6 Å². The Bertz CT molecular complexity index is 975. The van der Waals surface area contributed by atoms with Crippen LogP contribution in [-0.2, 0) is 0 Å². The highest BCUT2D eigenvalue weighted by Crippen LogP contribution is 2.30. The number of benzene rings is 1. The van der Waals surface area contributed by atoms with Gasteiger partial charge < -0.3 is 4.90 Å². The van der Waals surface area contributed by atoms with Gasteiger partial charge in [0.1, 0.15) is 0 Å². The van der Waals surface area contributed by atoms with Crippen LogP contribution in [0.2, 0.25) is 5.02 Å². The first-order chi connectivity index (χ1) is 12.0. The molecule has 0 aliphatic carbocycles. The number of rotatable bonds is 4. The molecule has 1 amide bonds. The van der Waals surface area contributed by atoms with Crippen LogP contribution in [0.25, 0.3) is 16.7 Å². The van der Waals surface area contributed by atoms with Gasteiger partial charge >= 0.3 is 0 Å². The van der Waals surface area contributed by atoms with Crippen LogP contribution >= 0.6 is 11.6 Å². The summed E-state index contributed by atoms with van der Waals surface area (Å²) in [6.45, 7) is 2.18. The molecule has 25 heavy (non-hydrogen) atoms. The number of nitrogens with zero attached hydrogens (tertiary/aromatic N) is 5. The number of pyridine rings is 1. The summed E-state index contributed by atoms with van der Waals surface area (Å²) in [5.41, 5.74) is 2.48. The zero-order valence-electron chi connectivity index (χ0n) is 13.9. The van der Waals surface area contributed by atoms with Crippen LogP contribution in [0.4, 0.5) is 0 Å². The van der Waals surface area contributed by atoms with Gasteiger partial charge in [0.05, 0.1) is 39.8 Å². The van der Waals surface area contributed by atoms with Gasteiger partial charge in [-0.25, -0.2) is 9.67 Å². The van der Waals surface area contributed by atoms with E-state index in [1.165, 1.54) is 11.1 Å². The standard InChI is InChI=1S/C18H16ClN5O/c1-12-15-16(19)14(18(25)23(2)10-6-9-20)11-21-17(15)24(22-12)13-7-4-3-5-8-13/h3-5,7-8,11H,6,10H2,1-2H3. The van der Waals surface area contributed by atoms with Crippen LogP contribution in [-0.4, -0.2) is 39.2 Å². The molecule has 0 N–H and O–H groups in total. The van der Waals surface area contributed by atoms with Crippen LogP contribution < -0.4 is 0 Å². The van der Waals surface area contributed by atoms with Crippen molar-refractivity contribution in [3.63, 3.8) is 0 Å². The van der Waals surface area contributed by atoms with Crippen LogP contribution in [0.1, 0.15) is 22.5 Å². The normalized spacial score (nSPS) is 10.6. The molecule has 0 radical (unpaired) electrons. The van der Waals surface area contributed by atoms with Crippen LogP contribution in [0.3, 0.4) is 0 Å². The average Bonchev–Trinajstić information content (AvgIpc) is 2.97. The SMILES string of the molecule is Cc1nn(-c2ccccc2)c2ncc(C(=O)N(C)CCC#N)c(Cl)c12. The van der Waals surface area contributed by atoms with Gasteiger partial charge in [0.15, 0.2) is 5.65 Å². The summed E-state index contributed by atoms with van der Waals surface area (Å²) < 4.78 is 1.71. The molecule has 2 aromatic heterocycles. The summed E-state index contributed by atoms with van der Waals surface area (Å²) in [5, 5.41) is 14.2. The van der Waals surface area contributed by atoms with Crippen molar-refractivity contribution in [2.24, 2.45) is 0 Å². The molecule has 0 saturated carbocycles. The van der Waals surface area contributed by atoms with E-state index in [1.807, 2.05) is 43.3 Å². The second-order valence-electron chi connectivity index (χ2n) is 5.65. The van der Waals surface area contributed by atoms with Gasteiger partial charge in [-0.1, -0.05) is 29.8 Å². The minimum atomic E-state index is -0.262. The van der Waals surface area contributed by atoms with Crippen molar-refractivity contribution in [1.29, 1.82) is 5.26 Å². The highest BCUT2D eigenvalue weighted by atomic mass is 35.5. The molecule has 126 valence electrons. The Hall–Kier alpha value is -2.91. The van der Waals surface area contributed by atoms with E-state index in [1.54, 1.807) is 11.7 Å². The highest BCUT2D eigenvalue weighted by Gasteiger charge is 2.21. The Balaban J connectivity index is 2.09. The maximum Gasteiger partial charge on any atom is 0.256 e. The molecule has 0 atom stereocenters. The number of aromatic nitrogens is 3. The van der Waals surface area contributed by atoms with Crippen molar-refractivity contribution in [3.05, 3.63) is 52.8 Å². The van der Waals surface area contributed by atoms with Crippen molar-refractivity contribution in [3.8, 4) is 11.8 Å². The molecular weight excluding hydrogens is 338 g/mol. The number of hydrogen-bond acceptors (Lipinski definition) is 4. The summed E-state index contributed by atoms with van der Waals surface area (Å²) in [7, 11) is 1.64. The number of para-hydroxylation sites is 1. The van der Waals surface area contributed by atoms with Crippen LogP contribution in [0, 0.1) is 18.3 Å². The van der Waals surface area contributed by atoms with E-state index in [-0.39, 0.29) is 12.3 Å². The molecule has 0 aliphatic heterocycles. The van der Waals surface area contributed by atoms with Gasteiger partial charge in [0.25, 0.3) is 5.91 Å². The first kappa shape index (κ1) is 16.9. The number of carbonyl (C=O) groups is 1. The molecule has 0 bridgehead atoms. The van der Waals surface area contributed by atoms with Gasteiger partial charge in [0, 0.05) is 19.8 Å². The quantitative estimate of drug-likeness (QED) is 0.720. The molecule has 2 heterocycles. The average molecular weight is 354 g/mol. The van der Waals surface area contributed by atoms with Gasteiger partial charge in [-0.15, -0.1) is 0 Å². The summed E-state index contributed by atoms with van der Waals surface area (Å²) in [6, 6.07) is 11.6. The Labute approximate surface area is 150 Å². The lowest BCUT2D eigenvalue weighted by Crippen LogP contribution is -2.28. The fourth-order valence-electron chi connectivity index (χ4n) is 2.63. The summed E-state index contributed by atoms with van der Waals surface area (Å²) in [5.74, 6) is -0.262. The molecule has 0 unspecified atom stereocenters. The monoisotopic (exact) mass is 353 g/mol. The van der Waals surface area contributed by atoms with Gasteiger partial charge in [-0.3, -0.25) is 4.79 Å². The second-order valence-corrected chi connectivity index (χ2v) is 6.03. The zero-order valence-corrected chi connectivity index (χ0v) is 14.7. The topological polar surface area (TPSA) is 74.8 Å². The molecule has 7 heteroatoms. The van der Waals surface area contributed by atoms with Gasteiger partial charge in [0.2, 0.25) is 0 Å². The van der Waals surface area contributed by atoms with Crippen LogP contribution in [0.5, 0.6) is 0 Å². The number of halogens is 1. The van der Waals surface area contributed by atoms with E-state index in [0.29, 0.717) is 33.9 Å². The fourth-order valence-corrected chi connectivity index (χ4v) is 2.98. The first-order valence-corrected chi connectivity index (χ1v) is 8.14. The lowest BCUT2D eigenvalue weighted by atomic mass is 10.2. The predicted molar refractivity (Wildman–Crippen MR) is 95.8 cm³/mol. The van der Waals surface area contributed by atoms with E-state index in [0.717, 1.165) is 5.69 Å². The number of nitriles is 1. The van der Waals surface area contributed by atoms with Crippen molar-refractivity contribution in [2.45, 2.75) is 13.3 Å². The molecule has 1 aromatic carbocycles. The zero-order chi connectivity index (χ0) is 18.0. The van der Waals surface area contributed by atoms with Crippen molar-refractivity contribution < 1.29 is 4.79 Å². The second kappa shape index (κ2) is 6.91. The number of amides is 1. The minimum Gasteiger partial charge on any atom is -0.341 e. The summed E-state index contributed by atoms with van der Waals surface area (Å²) in [6.07, 6.45) is 1.73. The van der Waals surface area contributed by atoms with E-state index in [2.05, 4.69) is 10.1 Å². The summed E-state index contributed by atoms with van der Waals surface area (Å²) >= 11 is 6.51. The summed E-state index contributed by atoms with van der Waals surface area (Å²) in [4.78, 5) is 18.5. The Kier molecular flexibility index (Phi) is 4.68. The minimum absolute atomic E-state index is 0.262. The fraction of sp³-hybridized carbons (Fsp3) is 0.222. The molecule has 6 nitrogen and oxygen atoms in total. The molecule has 0 fully saturated rings. The number of fused-ring (bicyclic) bond motifs is 1. The number of hydrogen-bond donors (Lipinski definition) is 0. The Morgan fingerprint density at radius 1 is 1.36 bits per heavy atom. The Morgan fingerprint density at radius 3 is 2.76 bits per heavy atom. The maximum atomic E-state index is 12.6. The molecule has 0 aliphatic rings. The lowest BCUT2D eigenvalue weighted by Gasteiger charge is -2.16. The third kappa shape index (κ3) is 3.06. The largest absolute Gasteiger partial charge is 0.341 e. The van der Waals surface area contributed by atoms with E-state index < -0.39 is 0 Å². The van der Waals surface area contributed by atoms with Gasteiger partial charge in [-0.05, 0) is 19.1 Å². The molecular formula is C18H16ClN5O. The first-order valence-electron chi connectivity index (χ1n) is 7.76. The Morgan fingerprint density at radius 2 is 2.08 bits per heavy atom. The van der Waals surface area contributed by atoms with Gasteiger partial charge in [-0.2, -0.15) is 10.4 Å². The molecule has 3 aromatic rings. The van der Waals surface area contributed by atoms with Crippen molar-refractivity contribution >= 4 is 28.5 Å². The van der Waals surface area contributed by atoms with E-state index in [4.69, 9.17) is 16.9 Å². The number of aryl methyl sites for hydroxylation is 1. The third-order valence-electron chi connectivity index (χ3n) is 3.94. The van der Waals surface area contributed by atoms with E-state index >= 15 is 0 Å². The molecule has 3 rings (SSSR count). The number of carbonyl (C=O) groups excluding carboxylic acids is 1. The highest BCUT2D eigenvalue weighted by molar-refractivity contribution is 6.38. The lowest BCUT2D eigenvalue weighted by molar-refractivity contribution is 0.0798. The third-order valence-corrected chi connectivity index (χ3v) is 4.34. The van der Waals surface area contributed by atoms with Crippen LogP contribution in [0.15, 0.2) is 36.5 Å². The maximum absolute atomic E-state index is 12.6. The molecule has 0 saturated heterocycles. The smallest absolute Gasteiger partial charge is 0.256 e.